The van der Waals surface area contributed by atoms with Gasteiger partial charge >= 0.3 is 0 Å². The Bertz CT molecular complexity index is 400. The Labute approximate surface area is 106 Å². The van der Waals surface area contributed by atoms with Crippen molar-refractivity contribution >= 4 is 11.5 Å². The van der Waals surface area contributed by atoms with Gasteiger partial charge in [0, 0.05) is 6.54 Å². The van der Waals surface area contributed by atoms with E-state index in [-0.39, 0.29) is 25.9 Å². The third-order valence-electron chi connectivity index (χ3n) is 3.09. The van der Waals surface area contributed by atoms with E-state index in [9.17, 15) is 5.11 Å². The lowest BCUT2D eigenvalue weighted by Crippen LogP contribution is -2.32. The van der Waals surface area contributed by atoms with Crippen LogP contribution in [0, 0.1) is 0 Å². The molecule has 6 heteroatoms. The van der Waals surface area contributed by atoms with Crippen LogP contribution in [0.15, 0.2) is 12.1 Å². The number of nitrogens with two attached hydrogens (primary N) is 1. The molecule has 1 unspecified atom stereocenters. The summed E-state index contributed by atoms with van der Waals surface area (Å²) in [6.45, 7) is 1.10. The van der Waals surface area contributed by atoms with Gasteiger partial charge in [0.15, 0.2) is 0 Å². The van der Waals surface area contributed by atoms with Crippen LogP contribution >= 0.6 is 0 Å². The highest BCUT2D eigenvalue weighted by Gasteiger charge is 2.25. The van der Waals surface area contributed by atoms with Crippen molar-refractivity contribution in [2.75, 3.05) is 37.0 Å². The van der Waals surface area contributed by atoms with E-state index in [0.717, 1.165) is 25.2 Å². The highest BCUT2D eigenvalue weighted by molar-refractivity contribution is 5.55. The highest BCUT2D eigenvalue weighted by Crippen LogP contribution is 2.28. The van der Waals surface area contributed by atoms with Crippen LogP contribution in [0.3, 0.4) is 0 Å². The molecule has 0 amide bonds. The average Bonchev–Trinajstić information content (AvgIpc) is 2.86. The zero-order valence-electron chi connectivity index (χ0n) is 10.2. The molecule has 1 aliphatic heterocycles. The molecule has 0 radical (unpaired) electrons. The molecule has 0 aliphatic carbocycles. The number of ether oxygens (including phenoxy) is 1. The summed E-state index contributed by atoms with van der Waals surface area (Å²) < 4.78 is 5.28. The molecule has 1 aromatic heterocycles. The van der Waals surface area contributed by atoms with E-state index in [2.05, 4.69) is 9.88 Å². The van der Waals surface area contributed by atoms with Crippen LogP contribution in [0.4, 0.5) is 11.5 Å². The number of aliphatic hydroxyl groups is 2. The minimum atomic E-state index is -0.0751. The normalized spacial score (nSPS) is 19.2. The van der Waals surface area contributed by atoms with Gasteiger partial charge in [0.1, 0.15) is 12.4 Å². The van der Waals surface area contributed by atoms with Gasteiger partial charge in [0.2, 0.25) is 5.88 Å². The van der Waals surface area contributed by atoms with E-state index in [1.165, 1.54) is 0 Å². The molecule has 0 saturated carbocycles. The summed E-state index contributed by atoms with van der Waals surface area (Å²) in [5, 5.41) is 18.0. The maximum Gasteiger partial charge on any atom is 0.239 e. The quantitative estimate of drug-likeness (QED) is 0.684. The van der Waals surface area contributed by atoms with Gasteiger partial charge in [0.25, 0.3) is 0 Å². The van der Waals surface area contributed by atoms with E-state index >= 15 is 0 Å². The first-order valence-electron chi connectivity index (χ1n) is 6.14. The smallest absolute Gasteiger partial charge is 0.239 e. The topological polar surface area (TPSA) is 91.8 Å². The molecule has 1 aromatic rings. The number of aliphatic hydroxyl groups excluding tert-OH is 2. The Morgan fingerprint density at radius 3 is 3.00 bits per heavy atom. The van der Waals surface area contributed by atoms with Gasteiger partial charge in [-0.3, -0.25) is 0 Å². The Morgan fingerprint density at radius 1 is 1.44 bits per heavy atom. The minimum absolute atomic E-state index is 0.0751. The second kappa shape index (κ2) is 5.88. The molecule has 1 saturated heterocycles. The molecule has 0 bridgehead atoms. The fourth-order valence-electron chi connectivity index (χ4n) is 2.19. The summed E-state index contributed by atoms with van der Waals surface area (Å²) in [6.07, 6.45) is 2.01. The predicted molar refractivity (Wildman–Crippen MR) is 68.7 cm³/mol. The molecule has 2 heterocycles. The Hall–Kier alpha value is -1.53. The monoisotopic (exact) mass is 253 g/mol. The van der Waals surface area contributed by atoms with Crippen LogP contribution in [0.1, 0.15) is 12.8 Å². The van der Waals surface area contributed by atoms with Crippen LogP contribution in [-0.4, -0.2) is 47.6 Å². The number of anilines is 2. The maximum atomic E-state index is 9.30. The standard InChI is InChI=1S/C12H19N3O3/c13-10-3-4-11(14-12(10)18-7-6-16)15-5-1-2-9(15)8-17/h3-4,9,16-17H,1-2,5-8,13H2. The molecule has 1 atom stereocenters. The van der Waals surface area contributed by atoms with Gasteiger partial charge in [-0.15, -0.1) is 0 Å². The summed E-state index contributed by atoms with van der Waals surface area (Å²) in [4.78, 5) is 6.41. The van der Waals surface area contributed by atoms with Crippen LogP contribution in [0.2, 0.25) is 0 Å². The molecule has 1 aliphatic rings. The van der Waals surface area contributed by atoms with Gasteiger partial charge < -0.3 is 25.6 Å². The van der Waals surface area contributed by atoms with E-state index in [4.69, 9.17) is 15.6 Å². The summed E-state index contributed by atoms with van der Waals surface area (Å²) in [5.41, 5.74) is 6.21. The number of nitrogens with zero attached hydrogens (tertiary/aromatic N) is 2. The Kier molecular flexibility index (Phi) is 4.22. The summed E-state index contributed by atoms with van der Waals surface area (Å²) in [7, 11) is 0. The van der Waals surface area contributed by atoms with Crippen molar-refractivity contribution in [2.45, 2.75) is 18.9 Å². The van der Waals surface area contributed by atoms with Crippen LogP contribution < -0.4 is 15.4 Å². The lowest BCUT2D eigenvalue weighted by Gasteiger charge is -2.24. The zero-order chi connectivity index (χ0) is 13.0. The van der Waals surface area contributed by atoms with Crippen molar-refractivity contribution in [2.24, 2.45) is 0 Å². The highest BCUT2D eigenvalue weighted by atomic mass is 16.5. The van der Waals surface area contributed by atoms with Crippen molar-refractivity contribution in [3.05, 3.63) is 12.1 Å². The molecule has 6 nitrogen and oxygen atoms in total. The van der Waals surface area contributed by atoms with Crippen molar-refractivity contribution in [3.8, 4) is 5.88 Å². The van der Waals surface area contributed by atoms with Crippen molar-refractivity contribution in [1.82, 2.24) is 4.98 Å². The predicted octanol–water partition coefficient (Wildman–Crippen LogP) is -0.00400. The Balaban J connectivity index is 2.17. The molecular weight excluding hydrogens is 234 g/mol. The second-order valence-corrected chi connectivity index (χ2v) is 4.31. The van der Waals surface area contributed by atoms with Crippen molar-refractivity contribution in [1.29, 1.82) is 0 Å². The van der Waals surface area contributed by atoms with Crippen LogP contribution in [0.5, 0.6) is 5.88 Å². The molecule has 18 heavy (non-hydrogen) atoms. The fraction of sp³-hybridized carbons (Fsp3) is 0.583. The number of rotatable bonds is 5. The van der Waals surface area contributed by atoms with Gasteiger partial charge in [0.05, 0.1) is 24.9 Å². The van der Waals surface area contributed by atoms with Crippen molar-refractivity contribution in [3.63, 3.8) is 0 Å². The van der Waals surface area contributed by atoms with Gasteiger partial charge in [-0.05, 0) is 25.0 Å². The number of hydrogen-bond acceptors (Lipinski definition) is 6. The SMILES string of the molecule is Nc1ccc(N2CCCC2CO)nc1OCCO. The first-order chi connectivity index (χ1) is 8.76. The summed E-state index contributed by atoms with van der Waals surface area (Å²) >= 11 is 0. The van der Waals surface area contributed by atoms with Gasteiger partial charge in [-0.1, -0.05) is 0 Å². The number of pyridine rings is 1. The largest absolute Gasteiger partial charge is 0.474 e. The molecule has 0 aromatic carbocycles. The lowest BCUT2D eigenvalue weighted by atomic mass is 10.2. The van der Waals surface area contributed by atoms with E-state index in [0.29, 0.717) is 11.6 Å². The van der Waals surface area contributed by atoms with Crippen LogP contribution in [0.25, 0.3) is 0 Å². The zero-order valence-corrected chi connectivity index (χ0v) is 10.2. The van der Waals surface area contributed by atoms with Crippen molar-refractivity contribution < 1.29 is 14.9 Å². The second-order valence-electron chi connectivity index (χ2n) is 4.31. The number of nitrogen functional groups attached to an aromatic ring is 1. The molecule has 2 rings (SSSR count). The van der Waals surface area contributed by atoms with Gasteiger partial charge in [-0.25, -0.2) is 0 Å². The van der Waals surface area contributed by atoms with Gasteiger partial charge in [-0.2, -0.15) is 4.98 Å². The van der Waals surface area contributed by atoms with Crippen LogP contribution in [-0.2, 0) is 0 Å². The number of hydrogen-bond donors (Lipinski definition) is 3. The molecule has 4 N–H and O–H groups in total. The number of aromatic nitrogens is 1. The molecule has 100 valence electrons. The minimum Gasteiger partial charge on any atom is -0.474 e. The first-order valence-corrected chi connectivity index (χ1v) is 6.14. The summed E-state index contributed by atoms with van der Waals surface area (Å²) in [5.74, 6) is 1.10. The molecule has 0 spiro atoms. The molecular formula is C12H19N3O3. The lowest BCUT2D eigenvalue weighted by molar-refractivity contribution is 0.197. The van der Waals surface area contributed by atoms with E-state index in [1.54, 1.807) is 6.07 Å². The third-order valence-corrected chi connectivity index (χ3v) is 3.09. The fourth-order valence-corrected chi connectivity index (χ4v) is 2.19. The Morgan fingerprint density at radius 2 is 2.28 bits per heavy atom. The summed E-state index contributed by atoms with van der Waals surface area (Å²) in [6, 6.07) is 3.68. The maximum absolute atomic E-state index is 9.30. The van der Waals surface area contributed by atoms with E-state index < -0.39 is 0 Å². The first kappa shape index (κ1) is 12.9. The average molecular weight is 253 g/mol. The third kappa shape index (κ3) is 2.65. The van der Waals surface area contributed by atoms with E-state index in [1.807, 2.05) is 6.07 Å². The molecule has 1 fully saturated rings.